The summed E-state index contributed by atoms with van der Waals surface area (Å²) < 4.78 is 16.5. The number of amides is 2. The predicted octanol–water partition coefficient (Wildman–Crippen LogP) is 4.53. The summed E-state index contributed by atoms with van der Waals surface area (Å²) in [6.45, 7) is 3.04. The second-order valence-corrected chi connectivity index (χ2v) is 8.36. The number of esters is 1. The largest absolute Gasteiger partial charge is 0.495 e. The van der Waals surface area contributed by atoms with Gasteiger partial charge < -0.3 is 24.5 Å². The molecule has 2 amide bonds. The van der Waals surface area contributed by atoms with Crippen LogP contribution >= 0.6 is 0 Å². The molecule has 0 bridgehead atoms. The van der Waals surface area contributed by atoms with E-state index in [0.29, 0.717) is 22.6 Å². The Morgan fingerprint density at radius 3 is 2.34 bits per heavy atom. The number of hydrogen-bond donors (Lipinski definition) is 2. The first kappa shape index (κ1) is 23.8. The number of carbonyl (C=O) groups is 3. The van der Waals surface area contributed by atoms with E-state index in [1.54, 1.807) is 56.3 Å². The maximum atomic E-state index is 12.6. The minimum atomic E-state index is -0.906. The Bertz CT molecular complexity index is 1380. The monoisotopic (exact) mass is 474 g/mol. The molecule has 4 aromatic rings. The van der Waals surface area contributed by atoms with E-state index in [4.69, 9.17) is 13.9 Å². The highest BCUT2D eigenvalue weighted by Gasteiger charge is 2.27. The van der Waals surface area contributed by atoms with Crippen molar-refractivity contribution in [3.63, 3.8) is 0 Å². The maximum Gasteiger partial charge on any atom is 0.329 e. The molecule has 0 aliphatic carbocycles. The number of furan rings is 1. The lowest BCUT2D eigenvalue weighted by Gasteiger charge is -2.21. The van der Waals surface area contributed by atoms with Gasteiger partial charge in [0.2, 0.25) is 0 Å². The Hall–Kier alpha value is -4.33. The van der Waals surface area contributed by atoms with Crippen LogP contribution in [0.4, 0.5) is 5.69 Å². The SMILES string of the molecule is COc1cc2c(cc1NC(=O)COC(=O)[C@H](NC(=O)c1ccccc1)C(C)C)oc1ccccc12. The van der Waals surface area contributed by atoms with Crippen molar-refractivity contribution >= 4 is 45.4 Å². The third-order valence-corrected chi connectivity index (χ3v) is 5.56. The van der Waals surface area contributed by atoms with Gasteiger partial charge in [0, 0.05) is 22.4 Å². The van der Waals surface area contributed by atoms with Crippen LogP contribution in [0, 0.1) is 5.92 Å². The molecule has 8 nitrogen and oxygen atoms in total. The van der Waals surface area contributed by atoms with Crippen molar-refractivity contribution in [3.8, 4) is 5.75 Å². The van der Waals surface area contributed by atoms with Gasteiger partial charge in [-0.25, -0.2) is 4.79 Å². The normalized spacial score (nSPS) is 11.9. The standard InChI is InChI=1S/C27H26N2O6/c1-16(2)25(29-26(31)17-9-5-4-6-10-17)27(32)34-15-24(30)28-20-14-22-19(13-23(20)33-3)18-11-7-8-12-21(18)35-22/h4-14,16,25H,15H2,1-3H3,(H,28,30)(H,29,31)/t25-/m1/s1. The smallest absolute Gasteiger partial charge is 0.329 e. The van der Waals surface area contributed by atoms with Gasteiger partial charge in [0.1, 0.15) is 23.0 Å². The molecule has 180 valence electrons. The van der Waals surface area contributed by atoms with E-state index in [1.165, 1.54) is 7.11 Å². The second kappa shape index (κ2) is 10.3. The Labute approximate surface area is 202 Å². The van der Waals surface area contributed by atoms with Crippen molar-refractivity contribution in [2.24, 2.45) is 5.92 Å². The number of para-hydroxylation sites is 1. The van der Waals surface area contributed by atoms with E-state index in [2.05, 4.69) is 10.6 Å². The van der Waals surface area contributed by atoms with Gasteiger partial charge in [-0.05, 0) is 30.2 Å². The van der Waals surface area contributed by atoms with E-state index in [9.17, 15) is 14.4 Å². The number of fused-ring (bicyclic) bond motifs is 3. The molecule has 0 unspecified atom stereocenters. The van der Waals surface area contributed by atoms with Gasteiger partial charge in [-0.15, -0.1) is 0 Å². The van der Waals surface area contributed by atoms with Crippen LogP contribution in [-0.4, -0.2) is 37.5 Å². The van der Waals surface area contributed by atoms with Crippen LogP contribution in [0.1, 0.15) is 24.2 Å². The fraction of sp³-hybridized carbons (Fsp3) is 0.222. The number of methoxy groups -OCH3 is 1. The van der Waals surface area contributed by atoms with Gasteiger partial charge >= 0.3 is 5.97 Å². The second-order valence-electron chi connectivity index (χ2n) is 8.36. The van der Waals surface area contributed by atoms with Crippen molar-refractivity contribution in [1.29, 1.82) is 0 Å². The first-order valence-corrected chi connectivity index (χ1v) is 11.2. The molecule has 0 spiro atoms. The fourth-order valence-corrected chi connectivity index (χ4v) is 3.74. The lowest BCUT2D eigenvalue weighted by molar-refractivity contribution is -0.150. The van der Waals surface area contributed by atoms with E-state index >= 15 is 0 Å². The summed E-state index contributed by atoms with van der Waals surface area (Å²) in [5, 5.41) is 7.17. The minimum Gasteiger partial charge on any atom is -0.495 e. The van der Waals surface area contributed by atoms with Crippen LogP contribution in [0.5, 0.6) is 5.75 Å². The van der Waals surface area contributed by atoms with Crippen molar-refractivity contribution in [1.82, 2.24) is 5.32 Å². The summed E-state index contributed by atoms with van der Waals surface area (Å²) in [6, 6.07) is 18.7. The zero-order valence-corrected chi connectivity index (χ0v) is 19.7. The Morgan fingerprint density at radius 2 is 1.63 bits per heavy atom. The van der Waals surface area contributed by atoms with Gasteiger partial charge in [0.05, 0.1) is 12.8 Å². The Morgan fingerprint density at radius 1 is 0.914 bits per heavy atom. The summed E-state index contributed by atoms with van der Waals surface area (Å²) in [4.78, 5) is 37.7. The molecule has 0 fully saturated rings. The zero-order chi connectivity index (χ0) is 24.9. The molecule has 1 heterocycles. The number of nitrogens with one attached hydrogen (secondary N) is 2. The molecule has 8 heteroatoms. The average molecular weight is 475 g/mol. The third kappa shape index (κ3) is 5.27. The lowest BCUT2D eigenvalue weighted by Crippen LogP contribution is -2.45. The molecular formula is C27H26N2O6. The van der Waals surface area contributed by atoms with Gasteiger partial charge in [-0.2, -0.15) is 0 Å². The zero-order valence-electron chi connectivity index (χ0n) is 19.7. The highest BCUT2D eigenvalue weighted by molar-refractivity contribution is 6.08. The number of ether oxygens (including phenoxy) is 2. The van der Waals surface area contributed by atoms with Gasteiger partial charge in [0.15, 0.2) is 6.61 Å². The summed E-state index contributed by atoms with van der Waals surface area (Å²) in [6.07, 6.45) is 0. The molecular weight excluding hydrogens is 448 g/mol. The number of benzene rings is 3. The molecule has 0 saturated heterocycles. The van der Waals surface area contributed by atoms with Crippen LogP contribution in [0.2, 0.25) is 0 Å². The number of carbonyl (C=O) groups excluding carboxylic acids is 3. The first-order valence-electron chi connectivity index (χ1n) is 11.2. The van der Waals surface area contributed by atoms with E-state index in [-0.39, 0.29) is 5.92 Å². The third-order valence-electron chi connectivity index (χ3n) is 5.56. The molecule has 0 aliphatic heterocycles. The predicted molar refractivity (Wildman–Crippen MR) is 132 cm³/mol. The van der Waals surface area contributed by atoms with Gasteiger partial charge in [-0.1, -0.05) is 50.2 Å². The van der Waals surface area contributed by atoms with Crippen molar-refractivity contribution in [2.75, 3.05) is 19.0 Å². The summed E-state index contributed by atoms with van der Waals surface area (Å²) in [5.74, 6) is -1.44. The number of anilines is 1. The maximum absolute atomic E-state index is 12.6. The van der Waals surface area contributed by atoms with Crippen LogP contribution in [0.15, 0.2) is 71.1 Å². The van der Waals surface area contributed by atoms with Gasteiger partial charge in [-0.3, -0.25) is 9.59 Å². The molecule has 3 aromatic carbocycles. The van der Waals surface area contributed by atoms with E-state index < -0.39 is 30.4 Å². The van der Waals surface area contributed by atoms with E-state index in [0.717, 1.165) is 16.4 Å². The highest BCUT2D eigenvalue weighted by atomic mass is 16.5. The van der Waals surface area contributed by atoms with Crippen molar-refractivity contribution in [3.05, 3.63) is 72.3 Å². The van der Waals surface area contributed by atoms with Crippen LogP contribution in [0.25, 0.3) is 21.9 Å². The van der Waals surface area contributed by atoms with Crippen LogP contribution in [0.3, 0.4) is 0 Å². The quantitative estimate of drug-likeness (QED) is 0.364. The van der Waals surface area contributed by atoms with Crippen molar-refractivity contribution < 1.29 is 28.3 Å². The molecule has 1 aromatic heterocycles. The summed E-state index contributed by atoms with van der Waals surface area (Å²) in [5.41, 5.74) is 2.12. The van der Waals surface area contributed by atoms with Crippen LogP contribution < -0.4 is 15.4 Å². The summed E-state index contributed by atoms with van der Waals surface area (Å²) >= 11 is 0. The molecule has 0 aliphatic rings. The summed E-state index contributed by atoms with van der Waals surface area (Å²) in [7, 11) is 1.50. The van der Waals surface area contributed by atoms with Crippen LogP contribution in [-0.2, 0) is 14.3 Å². The average Bonchev–Trinajstić information content (AvgIpc) is 3.22. The number of hydrogen-bond acceptors (Lipinski definition) is 6. The Kier molecular flexibility index (Phi) is 7.01. The Balaban J connectivity index is 1.42. The number of rotatable bonds is 8. The van der Waals surface area contributed by atoms with Crippen molar-refractivity contribution in [2.45, 2.75) is 19.9 Å². The molecule has 2 N–H and O–H groups in total. The molecule has 4 rings (SSSR count). The van der Waals surface area contributed by atoms with E-state index in [1.807, 2.05) is 24.3 Å². The molecule has 1 atom stereocenters. The lowest BCUT2D eigenvalue weighted by atomic mass is 10.0. The molecule has 35 heavy (non-hydrogen) atoms. The fourth-order valence-electron chi connectivity index (χ4n) is 3.74. The minimum absolute atomic E-state index is 0.242. The van der Waals surface area contributed by atoms with Gasteiger partial charge in [0.25, 0.3) is 11.8 Å². The first-order chi connectivity index (χ1) is 16.9. The highest BCUT2D eigenvalue weighted by Crippen LogP contribution is 2.36. The molecule has 0 radical (unpaired) electrons. The topological polar surface area (TPSA) is 107 Å². The molecule has 0 saturated carbocycles.